The lowest BCUT2D eigenvalue weighted by atomic mass is 10.0. The topological polar surface area (TPSA) is 50.9 Å². The van der Waals surface area contributed by atoms with Gasteiger partial charge < -0.3 is 5.11 Å². The van der Waals surface area contributed by atoms with E-state index in [1.54, 1.807) is 4.68 Å². The van der Waals surface area contributed by atoms with Crippen LogP contribution in [0.1, 0.15) is 20.3 Å². The number of hydrogen-bond donors (Lipinski definition) is 1. The molecule has 0 spiro atoms. The summed E-state index contributed by atoms with van der Waals surface area (Å²) >= 11 is 0. The molecule has 1 aromatic carbocycles. The molecular formula is C11H15N3O. The van der Waals surface area contributed by atoms with Crippen molar-refractivity contribution >= 4 is 11.0 Å². The number of rotatable bonds is 3. The van der Waals surface area contributed by atoms with Gasteiger partial charge in [0.1, 0.15) is 5.52 Å². The summed E-state index contributed by atoms with van der Waals surface area (Å²) in [5, 5.41) is 18.0. The Hall–Kier alpha value is -1.42. The molecule has 1 heterocycles. The van der Waals surface area contributed by atoms with Gasteiger partial charge in [-0.1, -0.05) is 24.3 Å². The highest BCUT2D eigenvalue weighted by Crippen LogP contribution is 2.15. The van der Waals surface area contributed by atoms with Crippen molar-refractivity contribution in [2.45, 2.75) is 32.4 Å². The minimum absolute atomic E-state index is 0.476. The first-order valence-electron chi connectivity index (χ1n) is 5.13. The van der Waals surface area contributed by atoms with Crippen LogP contribution in [-0.4, -0.2) is 25.7 Å². The lowest BCUT2D eigenvalue weighted by Crippen LogP contribution is -2.29. The average Bonchev–Trinajstić information content (AvgIpc) is 2.62. The third kappa shape index (κ3) is 1.99. The average molecular weight is 205 g/mol. The summed E-state index contributed by atoms with van der Waals surface area (Å²) in [6.45, 7) is 4.24. The molecule has 4 nitrogen and oxygen atoms in total. The zero-order valence-electron chi connectivity index (χ0n) is 9.01. The molecule has 2 rings (SSSR count). The van der Waals surface area contributed by atoms with Crippen LogP contribution in [0.15, 0.2) is 24.3 Å². The number of nitrogens with zero attached hydrogens (tertiary/aromatic N) is 3. The predicted octanol–water partition coefficient (Wildman–Crippen LogP) is 1.59. The van der Waals surface area contributed by atoms with Gasteiger partial charge in [-0.05, 0) is 25.5 Å². The van der Waals surface area contributed by atoms with Crippen molar-refractivity contribution in [2.24, 2.45) is 0 Å². The van der Waals surface area contributed by atoms with Crippen LogP contribution in [0.2, 0.25) is 0 Å². The molecule has 0 saturated heterocycles. The van der Waals surface area contributed by atoms with Gasteiger partial charge in [-0.25, -0.2) is 4.68 Å². The molecule has 15 heavy (non-hydrogen) atoms. The van der Waals surface area contributed by atoms with Crippen LogP contribution in [0.3, 0.4) is 0 Å². The first kappa shape index (κ1) is 10.1. The molecule has 4 heteroatoms. The molecule has 0 aliphatic heterocycles. The van der Waals surface area contributed by atoms with Crippen molar-refractivity contribution in [3.05, 3.63) is 24.3 Å². The Kier molecular flexibility index (Phi) is 2.44. The second-order valence-electron chi connectivity index (χ2n) is 4.09. The summed E-state index contributed by atoms with van der Waals surface area (Å²) in [5.74, 6) is 0. The molecule has 0 bridgehead atoms. The summed E-state index contributed by atoms with van der Waals surface area (Å²) in [5.41, 5.74) is 1.10. The van der Waals surface area contributed by atoms with E-state index in [4.69, 9.17) is 0 Å². The van der Waals surface area contributed by atoms with Crippen molar-refractivity contribution in [1.29, 1.82) is 0 Å². The van der Waals surface area contributed by atoms with Crippen LogP contribution in [0, 0.1) is 0 Å². The summed E-state index contributed by atoms with van der Waals surface area (Å²) < 4.78 is 1.75. The predicted molar refractivity (Wildman–Crippen MR) is 58.4 cm³/mol. The Morgan fingerprint density at radius 3 is 2.87 bits per heavy atom. The van der Waals surface area contributed by atoms with E-state index in [1.807, 2.05) is 38.1 Å². The van der Waals surface area contributed by atoms with E-state index in [1.165, 1.54) is 0 Å². The maximum Gasteiger partial charge on any atom is 0.113 e. The number of fused-ring (bicyclic) bond motifs is 1. The number of benzene rings is 1. The molecule has 1 aromatic heterocycles. The molecule has 0 fully saturated rings. The molecule has 80 valence electrons. The number of aromatic nitrogens is 3. The Morgan fingerprint density at radius 1 is 1.40 bits per heavy atom. The van der Waals surface area contributed by atoms with Crippen LogP contribution in [0.4, 0.5) is 0 Å². The van der Waals surface area contributed by atoms with Gasteiger partial charge in [0.25, 0.3) is 0 Å². The van der Waals surface area contributed by atoms with E-state index < -0.39 is 5.60 Å². The third-order valence-corrected chi connectivity index (χ3v) is 2.67. The molecular weight excluding hydrogens is 190 g/mol. The molecule has 1 unspecified atom stereocenters. The second kappa shape index (κ2) is 3.62. The van der Waals surface area contributed by atoms with E-state index in [0.29, 0.717) is 13.0 Å². The molecule has 0 amide bonds. The highest BCUT2D eigenvalue weighted by molar-refractivity contribution is 5.73. The summed E-state index contributed by atoms with van der Waals surface area (Å²) in [7, 11) is 0. The largest absolute Gasteiger partial charge is 0.388 e. The molecule has 1 atom stereocenters. The monoisotopic (exact) mass is 205 g/mol. The fourth-order valence-corrected chi connectivity index (χ4v) is 1.47. The minimum Gasteiger partial charge on any atom is -0.388 e. The number of hydrogen-bond acceptors (Lipinski definition) is 3. The molecule has 2 aromatic rings. The fourth-order valence-electron chi connectivity index (χ4n) is 1.47. The third-order valence-electron chi connectivity index (χ3n) is 2.67. The van der Waals surface area contributed by atoms with Crippen LogP contribution >= 0.6 is 0 Å². The van der Waals surface area contributed by atoms with Crippen LogP contribution in [0.5, 0.6) is 0 Å². The van der Waals surface area contributed by atoms with Crippen LogP contribution < -0.4 is 0 Å². The summed E-state index contributed by atoms with van der Waals surface area (Å²) in [4.78, 5) is 0. The van der Waals surface area contributed by atoms with Crippen molar-refractivity contribution in [3.63, 3.8) is 0 Å². The van der Waals surface area contributed by atoms with Crippen LogP contribution in [0.25, 0.3) is 11.0 Å². The molecule has 0 radical (unpaired) electrons. The Bertz CT molecular complexity index is 462. The highest BCUT2D eigenvalue weighted by atomic mass is 16.3. The van der Waals surface area contributed by atoms with Gasteiger partial charge in [0.2, 0.25) is 0 Å². The maximum absolute atomic E-state index is 9.97. The normalized spacial score (nSPS) is 15.4. The molecule has 0 aliphatic carbocycles. The SMILES string of the molecule is CCC(C)(O)Cn1nnc2ccccc21. The standard InChI is InChI=1S/C11H15N3O/c1-3-11(2,15)8-14-10-7-5-4-6-9(10)12-13-14/h4-7,15H,3,8H2,1-2H3. The van der Waals surface area contributed by atoms with Gasteiger partial charge in [-0.2, -0.15) is 0 Å². The van der Waals surface area contributed by atoms with E-state index >= 15 is 0 Å². The van der Waals surface area contributed by atoms with Crippen molar-refractivity contribution in [2.75, 3.05) is 0 Å². The number of aliphatic hydroxyl groups is 1. The van der Waals surface area contributed by atoms with Gasteiger partial charge in [-0.3, -0.25) is 0 Å². The quantitative estimate of drug-likeness (QED) is 0.827. The van der Waals surface area contributed by atoms with Gasteiger partial charge in [-0.15, -0.1) is 5.10 Å². The zero-order chi connectivity index (χ0) is 10.9. The van der Waals surface area contributed by atoms with E-state index in [0.717, 1.165) is 11.0 Å². The second-order valence-corrected chi connectivity index (χ2v) is 4.09. The Morgan fingerprint density at radius 2 is 2.13 bits per heavy atom. The lowest BCUT2D eigenvalue weighted by molar-refractivity contribution is 0.0352. The summed E-state index contributed by atoms with van der Waals surface area (Å²) in [6, 6.07) is 7.75. The van der Waals surface area contributed by atoms with E-state index in [-0.39, 0.29) is 0 Å². The Balaban J connectivity index is 2.37. The molecule has 1 N–H and O–H groups in total. The first-order valence-corrected chi connectivity index (χ1v) is 5.13. The van der Waals surface area contributed by atoms with E-state index in [2.05, 4.69) is 10.3 Å². The van der Waals surface area contributed by atoms with Crippen molar-refractivity contribution in [3.8, 4) is 0 Å². The lowest BCUT2D eigenvalue weighted by Gasteiger charge is -2.20. The molecule has 0 saturated carbocycles. The van der Waals surface area contributed by atoms with Crippen LogP contribution in [-0.2, 0) is 6.54 Å². The Labute approximate surface area is 88.5 Å². The molecule has 0 aliphatic rings. The fraction of sp³-hybridized carbons (Fsp3) is 0.455. The highest BCUT2D eigenvalue weighted by Gasteiger charge is 2.19. The van der Waals surface area contributed by atoms with Crippen molar-refractivity contribution in [1.82, 2.24) is 15.0 Å². The van der Waals surface area contributed by atoms with Crippen molar-refractivity contribution < 1.29 is 5.11 Å². The van der Waals surface area contributed by atoms with Gasteiger partial charge in [0.05, 0.1) is 17.7 Å². The van der Waals surface area contributed by atoms with Gasteiger partial charge in [0.15, 0.2) is 0 Å². The van der Waals surface area contributed by atoms with Gasteiger partial charge in [0, 0.05) is 0 Å². The summed E-state index contributed by atoms with van der Waals surface area (Å²) in [6.07, 6.45) is 0.696. The maximum atomic E-state index is 9.97. The number of para-hydroxylation sites is 1. The minimum atomic E-state index is -0.726. The zero-order valence-corrected chi connectivity index (χ0v) is 9.01. The van der Waals surface area contributed by atoms with E-state index in [9.17, 15) is 5.11 Å². The van der Waals surface area contributed by atoms with Gasteiger partial charge >= 0.3 is 0 Å². The smallest absolute Gasteiger partial charge is 0.113 e. The first-order chi connectivity index (χ1) is 7.12.